The van der Waals surface area contributed by atoms with E-state index in [1.54, 1.807) is 0 Å². The molecule has 10 atom stereocenters. The molecule has 8 saturated carbocycles. The maximum Gasteiger partial charge on any atom is 0.0577 e. The normalized spacial score (nSPS) is 81.0. The largest absolute Gasteiger partial charge is 0.393 e. The van der Waals surface area contributed by atoms with Crippen LogP contribution in [0.5, 0.6) is 0 Å². The second kappa shape index (κ2) is 1.80. The van der Waals surface area contributed by atoms with Crippen molar-refractivity contribution in [1.29, 1.82) is 0 Å². The van der Waals surface area contributed by atoms with Gasteiger partial charge >= 0.3 is 0 Å². The van der Waals surface area contributed by atoms with Crippen LogP contribution in [0.3, 0.4) is 0 Å². The van der Waals surface area contributed by atoms with Crippen molar-refractivity contribution in [2.75, 3.05) is 0 Å². The molecule has 0 aromatic rings. The highest BCUT2D eigenvalue weighted by atomic mass is 16.3. The maximum absolute atomic E-state index is 10.1. The van der Waals surface area contributed by atoms with E-state index in [0.717, 1.165) is 48.3 Å². The lowest BCUT2D eigenvalue weighted by Gasteiger charge is -2.84. The van der Waals surface area contributed by atoms with Crippen LogP contribution in [0.2, 0.25) is 0 Å². The Kier molecular flexibility index (Phi) is 0.931. The quantitative estimate of drug-likeness (QED) is 0.586. The van der Waals surface area contributed by atoms with Crippen LogP contribution in [0.1, 0.15) is 12.8 Å². The Morgan fingerprint density at radius 1 is 0.571 bits per heavy atom. The minimum Gasteiger partial charge on any atom is -0.393 e. The van der Waals surface area contributed by atoms with Gasteiger partial charge in [0, 0.05) is 0 Å². The van der Waals surface area contributed by atoms with Crippen LogP contribution in [0.4, 0.5) is 0 Å². The van der Waals surface area contributed by atoms with Gasteiger partial charge in [-0.25, -0.2) is 0 Å². The van der Waals surface area contributed by atoms with Crippen LogP contribution in [0, 0.1) is 47.3 Å². The predicted octanol–water partition coefficient (Wildman–Crippen LogP) is 0.486. The smallest absolute Gasteiger partial charge is 0.0577 e. The molecule has 0 aromatic carbocycles. The highest BCUT2D eigenvalue weighted by Crippen LogP contribution is 2.82. The van der Waals surface area contributed by atoms with E-state index in [1.165, 1.54) is 0 Å². The highest BCUT2D eigenvalue weighted by molar-refractivity contribution is 5.28. The Morgan fingerprint density at radius 2 is 0.929 bits per heavy atom. The summed E-state index contributed by atoms with van der Waals surface area (Å²) in [5, 5.41) is 20.1. The molecule has 0 aliphatic heterocycles. The molecular formula is C12H16O2. The summed E-state index contributed by atoms with van der Waals surface area (Å²) in [7, 11) is 0. The molecule has 8 rings (SSSR count). The number of aliphatic hydroxyl groups excluding tert-OH is 2. The Morgan fingerprint density at radius 3 is 1.36 bits per heavy atom. The van der Waals surface area contributed by atoms with Crippen molar-refractivity contribution < 1.29 is 10.2 Å². The van der Waals surface area contributed by atoms with Crippen LogP contribution in [-0.4, -0.2) is 22.4 Å². The summed E-state index contributed by atoms with van der Waals surface area (Å²) in [6, 6.07) is 0. The van der Waals surface area contributed by atoms with Gasteiger partial charge in [0.25, 0.3) is 0 Å². The monoisotopic (exact) mass is 192 g/mol. The minimum absolute atomic E-state index is 0.0683. The molecule has 76 valence electrons. The van der Waals surface area contributed by atoms with Gasteiger partial charge in [0.2, 0.25) is 0 Å². The summed E-state index contributed by atoms with van der Waals surface area (Å²) in [6.45, 7) is 0. The lowest BCUT2D eigenvalue weighted by molar-refractivity contribution is -0.394. The van der Waals surface area contributed by atoms with Crippen molar-refractivity contribution in [2.45, 2.75) is 25.0 Å². The molecule has 2 nitrogen and oxygen atoms in total. The molecule has 0 amide bonds. The van der Waals surface area contributed by atoms with Gasteiger partial charge in [-0.3, -0.25) is 0 Å². The molecule has 0 unspecified atom stereocenters. The lowest BCUT2D eigenvalue weighted by Crippen LogP contribution is -2.83. The Hall–Kier alpha value is -0.0800. The third kappa shape index (κ3) is 0.455. The summed E-state index contributed by atoms with van der Waals surface area (Å²) in [6.07, 6.45) is 1.98. The van der Waals surface area contributed by atoms with Gasteiger partial charge in [0.1, 0.15) is 0 Å². The summed E-state index contributed by atoms with van der Waals surface area (Å²) >= 11 is 0. The van der Waals surface area contributed by atoms with E-state index in [4.69, 9.17) is 0 Å². The fraction of sp³-hybridized carbons (Fsp3) is 1.00. The first kappa shape index (κ1) is 7.24. The van der Waals surface area contributed by atoms with Crippen LogP contribution in [-0.2, 0) is 0 Å². The van der Waals surface area contributed by atoms with Gasteiger partial charge in [-0.1, -0.05) is 0 Å². The van der Waals surface area contributed by atoms with E-state index < -0.39 is 0 Å². The van der Waals surface area contributed by atoms with Crippen molar-refractivity contribution in [3.05, 3.63) is 0 Å². The average Bonchev–Trinajstić information content (AvgIpc) is 2.16. The number of fused-ring (bicyclic) bond motifs is 2. The molecule has 0 heterocycles. The summed E-state index contributed by atoms with van der Waals surface area (Å²) < 4.78 is 0. The lowest BCUT2D eigenvalue weighted by atomic mass is 9.21. The molecule has 2 heteroatoms. The standard InChI is InChI=1S/C12H16O2/c13-5-1-3-7-8-4-2-6(14)12(9(3)8)11(5)10(4)7/h3-14H,1-2H2/t3-,4-,5-,6-,7-,8+,9-,10-,11-,12-/m1/s1. The van der Waals surface area contributed by atoms with Gasteiger partial charge in [0.05, 0.1) is 12.2 Å². The molecular weight excluding hydrogens is 176 g/mol. The van der Waals surface area contributed by atoms with Gasteiger partial charge < -0.3 is 10.2 Å². The molecule has 14 heavy (non-hydrogen) atoms. The van der Waals surface area contributed by atoms with Gasteiger partial charge in [0.15, 0.2) is 0 Å². The number of hydrogen-bond acceptors (Lipinski definition) is 2. The van der Waals surface area contributed by atoms with Crippen molar-refractivity contribution in [1.82, 2.24) is 0 Å². The molecule has 0 spiro atoms. The van der Waals surface area contributed by atoms with Crippen LogP contribution >= 0.6 is 0 Å². The average molecular weight is 192 g/mol. The zero-order valence-electron chi connectivity index (χ0n) is 8.08. The van der Waals surface area contributed by atoms with E-state index >= 15 is 0 Å². The third-order valence-electron chi connectivity index (χ3n) is 6.56. The molecule has 8 aliphatic rings. The van der Waals surface area contributed by atoms with Crippen molar-refractivity contribution in [2.24, 2.45) is 47.3 Å². The van der Waals surface area contributed by atoms with Crippen molar-refractivity contribution in [3.8, 4) is 0 Å². The van der Waals surface area contributed by atoms with Gasteiger partial charge in [-0.2, -0.15) is 0 Å². The van der Waals surface area contributed by atoms with E-state index in [2.05, 4.69) is 0 Å². The minimum atomic E-state index is -0.0683. The molecule has 0 radical (unpaired) electrons. The van der Waals surface area contributed by atoms with E-state index in [1.807, 2.05) is 0 Å². The summed E-state index contributed by atoms with van der Waals surface area (Å²) in [5.41, 5.74) is 0. The molecule has 2 N–H and O–H groups in total. The van der Waals surface area contributed by atoms with Crippen molar-refractivity contribution in [3.63, 3.8) is 0 Å². The molecule has 0 saturated heterocycles. The fourth-order valence-corrected chi connectivity index (χ4v) is 6.57. The first-order valence-electron chi connectivity index (χ1n) is 6.15. The van der Waals surface area contributed by atoms with E-state index in [9.17, 15) is 10.2 Å². The molecule has 0 aromatic heterocycles. The Balaban J connectivity index is 1.70. The zero-order chi connectivity index (χ0) is 9.19. The highest BCUT2D eigenvalue weighted by Gasteiger charge is 2.81. The first-order chi connectivity index (χ1) is 6.79. The first-order valence-corrected chi connectivity index (χ1v) is 6.15. The second-order valence-corrected chi connectivity index (χ2v) is 6.40. The number of aliphatic hydroxyl groups is 2. The predicted molar refractivity (Wildman–Crippen MR) is 49.2 cm³/mol. The van der Waals surface area contributed by atoms with E-state index in [-0.39, 0.29) is 12.2 Å². The summed E-state index contributed by atoms with van der Waals surface area (Å²) in [5.74, 6) is 6.23. The molecule has 8 aliphatic carbocycles. The second-order valence-electron chi connectivity index (χ2n) is 6.40. The maximum atomic E-state index is 10.1. The fourth-order valence-electron chi connectivity index (χ4n) is 6.57. The zero-order valence-corrected chi connectivity index (χ0v) is 8.08. The summed E-state index contributed by atoms with van der Waals surface area (Å²) in [4.78, 5) is 0. The van der Waals surface area contributed by atoms with Crippen LogP contribution in [0.15, 0.2) is 0 Å². The Labute approximate surface area is 83.3 Å². The van der Waals surface area contributed by atoms with Crippen molar-refractivity contribution >= 4 is 0 Å². The Bertz CT molecular complexity index is 296. The van der Waals surface area contributed by atoms with E-state index in [0.29, 0.717) is 11.8 Å². The van der Waals surface area contributed by atoms with Crippen LogP contribution in [0.25, 0.3) is 0 Å². The van der Waals surface area contributed by atoms with Gasteiger partial charge in [-0.05, 0) is 60.2 Å². The van der Waals surface area contributed by atoms with Crippen LogP contribution < -0.4 is 0 Å². The number of rotatable bonds is 0. The molecule has 8 fully saturated rings. The molecule has 8 bridgehead atoms. The SMILES string of the molecule is O[C@@H]1C[C@@H]2[C@@H]3[C@@H]4[C@H]5C[C@@H](O)[C@H]([C@H]24)[C@H]1[C@H]53. The van der Waals surface area contributed by atoms with Gasteiger partial charge in [-0.15, -0.1) is 0 Å². The third-order valence-corrected chi connectivity index (χ3v) is 6.56. The topological polar surface area (TPSA) is 40.5 Å². The number of hydrogen-bond donors (Lipinski definition) is 2.